The Labute approximate surface area is 170 Å². The predicted octanol–water partition coefficient (Wildman–Crippen LogP) is 6.44. The molecular formula is C21H31O3P3. The van der Waals surface area contributed by atoms with Crippen molar-refractivity contribution < 1.29 is 13.8 Å². The molecule has 0 saturated heterocycles. The minimum absolute atomic E-state index is 0.123. The Hall–Kier alpha value is -0.840. The van der Waals surface area contributed by atoms with Crippen LogP contribution in [-0.2, 0) is 20.3 Å². The van der Waals surface area contributed by atoms with Gasteiger partial charge in [0.15, 0.2) is 0 Å². The number of carbonyl (C=O) groups excluding carboxylic acids is 1. The minimum atomic E-state index is -0.228. The Morgan fingerprint density at radius 3 is 2.15 bits per heavy atom. The Kier molecular flexibility index (Phi) is 12.7. The molecule has 0 saturated carbocycles. The molecule has 6 heteroatoms. The van der Waals surface area contributed by atoms with Crippen molar-refractivity contribution in [3.63, 3.8) is 0 Å². The van der Waals surface area contributed by atoms with E-state index in [1.165, 1.54) is 16.7 Å². The van der Waals surface area contributed by atoms with Gasteiger partial charge in [-0.3, -0.25) is 4.79 Å². The van der Waals surface area contributed by atoms with Crippen LogP contribution in [0.2, 0.25) is 0 Å². The monoisotopic (exact) mass is 424 g/mol. The summed E-state index contributed by atoms with van der Waals surface area (Å²) in [6.45, 7) is 5.99. The van der Waals surface area contributed by atoms with E-state index in [0.717, 1.165) is 12.8 Å². The van der Waals surface area contributed by atoms with Gasteiger partial charge in [-0.2, -0.15) is 0 Å². The number of benzene rings is 2. The second-order valence-electron chi connectivity index (χ2n) is 5.83. The van der Waals surface area contributed by atoms with E-state index in [2.05, 4.69) is 45.3 Å². The van der Waals surface area contributed by atoms with Gasteiger partial charge in [0.2, 0.25) is 0 Å². The zero-order chi connectivity index (χ0) is 20.1. The van der Waals surface area contributed by atoms with E-state index in [0.29, 0.717) is 6.42 Å². The number of aryl methyl sites for hydroxylation is 1. The van der Waals surface area contributed by atoms with Crippen LogP contribution in [0.25, 0.3) is 11.1 Å². The van der Waals surface area contributed by atoms with Crippen molar-refractivity contribution in [1.82, 2.24) is 0 Å². The molecule has 148 valence electrons. The third-order valence-corrected chi connectivity index (χ3v) is 5.38. The van der Waals surface area contributed by atoms with Crippen LogP contribution in [0.1, 0.15) is 39.2 Å². The number of rotatable bonds is 9. The Bertz CT molecular complexity index is 647. The lowest BCUT2D eigenvalue weighted by Gasteiger charge is -2.23. The summed E-state index contributed by atoms with van der Waals surface area (Å²) >= 11 is 0. The first-order valence-electron chi connectivity index (χ1n) is 9.35. The highest BCUT2D eigenvalue weighted by Gasteiger charge is 2.28. The van der Waals surface area contributed by atoms with E-state index in [-0.39, 0.29) is 26.5 Å². The van der Waals surface area contributed by atoms with Gasteiger partial charge in [-0.1, -0.05) is 84.3 Å². The van der Waals surface area contributed by atoms with E-state index < -0.39 is 0 Å². The van der Waals surface area contributed by atoms with E-state index >= 15 is 0 Å². The van der Waals surface area contributed by atoms with Gasteiger partial charge >= 0.3 is 5.97 Å². The van der Waals surface area contributed by atoms with Crippen molar-refractivity contribution in [2.24, 2.45) is 5.92 Å². The molecule has 5 atom stereocenters. The van der Waals surface area contributed by atoms with Crippen LogP contribution in [0.5, 0.6) is 0 Å². The summed E-state index contributed by atoms with van der Waals surface area (Å²) in [4.78, 5) is 11.9. The molecule has 3 nitrogen and oxygen atoms in total. The molecule has 5 unspecified atom stereocenters. The van der Waals surface area contributed by atoms with Crippen LogP contribution < -0.4 is 0 Å². The first kappa shape index (κ1) is 24.2. The maximum atomic E-state index is 11.9. The summed E-state index contributed by atoms with van der Waals surface area (Å²) in [5, 5.41) is 0. The van der Waals surface area contributed by atoms with Gasteiger partial charge in [-0.25, -0.2) is 0 Å². The van der Waals surface area contributed by atoms with Crippen LogP contribution >= 0.6 is 26.9 Å². The fourth-order valence-corrected chi connectivity index (χ4v) is 4.06. The Morgan fingerprint density at radius 2 is 1.63 bits per heavy atom. The molecule has 0 aliphatic heterocycles. The smallest absolute Gasteiger partial charge is 0.313 e. The maximum Gasteiger partial charge on any atom is 0.313 e. The highest BCUT2D eigenvalue weighted by Crippen LogP contribution is 2.31. The van der Waals surface area contributed by atoms with Crippen LogP contribution in [0.4, 0.5) is 0 Å². The standard InChI is InChI=1S/C19H25O3P3.C2H6/c1-2-17(19(20)21-23)18(22-25-24)13-10-14-8-11-16(12-9-14)15-6-4-3-5-7-15;1-2/h3-9,11-12,17-18,25H,2,10,13,23-24H2,1H3;1-2H3. The van der Waals surface area contributed by atoms with E-state index in [1.807, 2.05) is 48.4 Å². The molecule has 0 N–H and O–H groups in total. The van der Waals surface area contributed by atoms with E-state index in [4.69, 9.17) is 9.05 Å². The van der Waals surface area contributed by atoms with Crippen LogP contribution in [0.15, 0.2) is 54.6 Å². The molecule has 0 aromatic heterocycles. The molecule has 2 rings (SSSR count). The van der Waals surface area contributed by atoms with Gasteiger partial charge in [-0.15, -0.1) is 0 Å². The molecule has 0 fully saturated rings. The lowest BCUT2D eigenvalue weighted by atomic mass is 9.94. The topological polar surface area (TPSA) is 35.5 Å². The third-order valence-electron chi connectivity index (χ3n) is 4.31. The zero-order valence-electron chi connectivity index (χ0n) is 16.4. The van der Waals surface area contributed by atoms with Gasteiger partial charge in [-0.05, 0) is 36.0 Å². The molecule has 0 heterocycles. The normalized spacial score (nSPS) is 12.9. The summed E-state index contributed by atoms with van der Waals surface area (Å²) in [5.41, 5.74) is 3.67. The van der Waals surface area contributed by atoms with Crippen LogP contribution in [0.3, 0.4) is 0 Å². The quantitative estimate of drug-likeness (QED) is 0.435. The molecular weight excluding hydrogens is 393 g/mol. The lowest BCUT2D eigenvalue weighted by Crippen LogP contribution is -2.29. The van der Waals surface area contributed by atoms with Gasteiger partial charge in [0, 0.05) is 8.50 Å². The van der Waals surface area contributed by atoms with Crippen LogP contribution in [-0.4, -0.2) is 12.1 Å². The first-order valence-corrected chi connectivity index (χ1v) is 12.5. The van der Waals surface area contributed by atoms with Crippen LogP contribution in [0, 0.1) is 5.92 Å². The predicted molar refractivity (Wildman–Crippen MR) is 124 cm³/mol. The second-order valence-corrected chi connectivity index (χ2v) is 7.24. The van der Waals surface area contributed by atoms with Gasteiger partial charge < -0.3 is 9.05 Å². The Morgan fingerprint density at radius 1 is 1.04 bits per heavy atom. The summed E-state index contributed by atoms with van der Waals surface area (Å²) in [5.74, 6) is -0.450. The number of hydrogen-bond acceptors (Lipinski definition) is 3. The molecule has 27 heavy (non-hydrogen) atoms. The molecule has 0 spiro atoms. The van der Waals surface area contributed by atoms with Gasteiger partial charge in [0.25, 0.3) is 0 Å². The first-order chi connectivity index (χ1) is 13.2. The summed E-state index contributed by atoms with van der Waals surface area (Å²) in [7, 11) is 4.90. The molecule has 0 radical (unpaired) electrons. The summed E-state index contributed by atoms with van der Waals surface area (Å²) < 4.78 is 10.7. The van der Waals surface area contributed by atoms with Crippen molar-refractivity contribution >= 4 is 32.9 Å². The fourth-order valence-electron chi connectivity index (χ4n) is 2.90. The van der Waals surface area contributed by atoms with Crippen molar-refractivity contribution in [2.45, 2.75) is 46.1 Å². The second kappa shape index (κ2) is 14.2. The molecule has 0 bridgehead atoms. The summed E-state index contributed by atoms with van der Waals surface area (Å²) in [6, 6.07) is 18.9. The van der Waals surface area contributed by atoms with Gasteiger partial charge in [0.05, 0.1) is 21.5 Å². The molecule has 0 amide bonds. The highest BCUT2D eigenvalue weighted by molar-refractivity contribution is 8.00. The fraction of sp³-hybridized carbons (Fsp3) is 0.381. The van der Waals surface area contributed by atoms with Crippen molar-refractivity contribution in [1.29, 1.82) is 0 Å². The van der Waals surface area contributed by atoms with E-state index in [1.54, 1.807) is 0 Å². The maximum absolute atomic E-state index is 11.9. The molecule has 0 aliphatic rings. The molecule has 2 aromatic carbocycles. The lowest BCUT2D eigenvalue weighted by molar-refractivity contribution is -0.141. The van der Waals surface area contributed by atoms with Crippen molar-refractivity contribution in [3.8, 4) is 11.1 Å². The number of hydrogen-bond donors (Lipinski definition) is 0. The molecule has 2 aromatic rings. The SMILES string of the molecule is CC.CCC(C(=O)OP)C(CCc1ccc(-c2ccccc2)cc1)OPP. The van der Waals surface area contributed by atoms with E-state index in [9.17, 15) is 4.79 Å². The number of carbonyl (C=O) groups is 1. The zero-order valence-corrected chi connectivity index (χ0v) is 19.7. The van der Waals surface area contributed by atoms with Gasteiger partial charge in [0.1, 0.15) is 0 Å². The highest BCUT2D eigenvalue weighted by atomic mass is 32.0. The average molecular weight is 424 g/mol. The molecule has 0 aliphatic carbocycles. The summed E-state index contributed by atoms with van der Waals surface area (Å²) in [6.07, 6.45) is 2.25. The van der Waals surface area contributed by atoms with Crippen molar-refractivity contribution in [3.05, 3.63) is 60.2 Å². The largest absolute Gasteiger partial charge is 0.451 e. The third kappa shape index (κ3) is 7.97. The Balaban J connectivity index is 0.00000176. The average Bonchev–Trinajstić information content (AvgIpc) is 2.74. The minimum Gasteiger partial charge on any atom is -0.451 e. The van der Waals surface area contributed by atoms with Crippen molar-refractivity contribution in [2.75, 3.05) is 0 Å².